The van der Waals surface area contributed by atoms with Gasteiger partial charge in [-0.2, -0.15) is 11.8 Å². The lowest BCUT2D eigenvalue weighted by molar-refractivity contribution is -0.150. The van der Waals surface area contributed by atoms with E-state index in [4.69, 9.17) is 4.42 Å². The van der Waals surface area contributed by atoms with Crippen LogP contribution < -0.4 is 5.32 Å². The molecule has 0 aliphatic carbocycles. The average molecular weight is 404 g/mol. The first-order valence-electron chi connectivity index (χ1n) is 9.05. The normalized spacial score (nSPS) is 19.7. The fourth-order valence-corrected chi connectivity index (χ4v) is 3.78. The van der Waals surface area contributed by atoms with Gasteiger partial charge >= 0.3 is 0 Å². The van der Waals surface area contributed by atoms with Gasteiger partial charge in [-0.1, -0.05) is 6.07 Å². The zero-order chi connectivity index (χ0) is 20.3. The van der Waals surface area contributed by atoms with E-state index in [2.05, 4.69) is 5.32 Å². The van der Waals surface area contributed by atoms with Gasteiger partial charge in [0.15, 0.2) is 11.5 Å². The van der Waals surface area contributed by atoms with Crippen molar-refractivity contribution < 1.29 is 24.2 Å². The van der Waals surface area contributed by atoms with Crippen LogP contribution in [-0.2, 0) is 22.6 Å². The monoisotopic (exact) mass is 404 g/mol. The Hall–Kier alpha value is -2.61. The molecule has 2 atom stereocenters. The number of benzene rings is 1. The van der Waals surface area contributed by atoms with Crippen molar-refractivity contribution in [2.24, 2.45) is 0 Å². The third-order valence-electron chi connectivity index (χ3n) is 4.78. The van der Waals surface area contributed by atoms with E-state index in [1.807, 2.05) is 19.2 Å². The summed E-state index contributed by atoms with van der Waals surface area (Å²) in [7, 11) is 0. The fourth-order valence-electron chi connectivity index (χ4n) is 3.30. The first-order valence-corrected chi connectivity index (χ1v) is 10.4. The molecule has 28 heavy (non-hydrogen) atoms. The minimum Gasteiger partial charge on any atom is -0.504 e. The minimum atomic E-state index is -0.729. The number of nitrogens with one attached hydrogen (secondary N) is 1. The largest absolute Gasteiger partial charge is 0.504 e. The number of thioether (sulfide) groups is 1. The number of carbonyl (C=O) groups excluding carboxylic acids is 2. The Labute approximate surface area is 167 Å². The van der Waals surface area contributed by atoms with E-state index in [0.29, 0.717) is 17.7 Å². The van der Waals surface area contributed by atoms with E-state index in [9.17, 15) is 19.8 Å². The molecule has 7 nitrogen and oxygen atoms in total. The topological polar surface area (TPSA) is 103 Å². The Kier molecular flexibility index (Phi) is 6.18. The Morgan fingerprint density at radius 3 is 2.61 bits per heavy atom. The van der Waals surface area contributed by atoms with Gasteiger partial charge in [0.2, 0.25) is 11.8 Å². The van der Waals surface area contributed by atoms with Gasteiger partial charge in [-0.15, -0.1) is 0 Å². The summed E-state index contributed by atoms with van der Waals surface area (Å²) in [6, 6.07) is 6.74. The van der Waals surface area contributed by atoms with Crippen LogP contribution in [-0.4, -0.2) is 51.0 Å². The number of aromatic hydroxyl groups is 2. The molecule has 0 spiro atoms. The van der Waals surface area contributed by atoms with Gasteiger partial charge in [0.1, 0.15) is 23.6 Å². The lowest BCUT2D eigenvalue weighted by Crippen LogP contribution is -2.63. The number of rotatable bonds is 7. The summed E-state index contributed by atoms with van der Waals surface area (Å²) < 4.78 is 5.62. The number of piperazine rings is 1. The van der Waals surface area contributed by atoms with Crippen LogP contribution in [0.25, 0.3) is 0 Å². The molecular formula is C20H24N2O5S. The second-order valence-corrected chi connectivity index (χ2v) is 7.85. The highest BCUT2D eigenvalue weighted by Crippen LogP contribution is 2.27. The molecule has 0 radical (unpaired) electrons. The highest BCUT2D eigenvalue weighted by molar-refractivity contribution is 7.98. The molecule has 2 aromatic rings. The molecule has 1 fully saturated rings. The smallest absolute Gasteiger partial charge is 0.246 e. The number of carbonyl (C=O) groups is 2. The number of amides is 2. The van der Waals surface area contributed by atoms with Crippen LogP contribution in [0.5, 0.6) is 11.5 Å². The molecule has 3 rings (SSSR count). The van der Waals surface area contributed by atoms with Gasteiger partial charge in [-0.25, -0.2) is 0 Å². The Morgan fingerprint density at radius 2 is 1.96 bits per heavy atom. The quantitative estimate of drug-likeness (QED) is 0.612. The molecule has 2 unspecified atom stereocenters. The molecule has 1 aromatic carbocycles. The molecule has 1 saturated heterocycles. The molecular weight excluding hydrogens is 380 g/mol. The first kappa shape index (κ1) is 20.1. The second kappa shape index (κ2) is 8.60. The number of nitrogens with zero attached hydrogens (tertiary/aromatic N) is 1. The van der Waals surface area contributed by atoms with Crippen LogP contribution in [0.1, 0.15) is 23.5 Å². The van der Waals surface area contributed by atoms with E-state index in [-0.39, 0.29) is 36.3 Å². The number of furan rings is 1. The maximum atomic E-state index is 13.1. The molecule has 2 heterocycles. The lowest BCUT2D eigenvalue weighted by atomic mass is 9.98. The minimum absolute atomic E-state index is 0.143. The van der Waals surface area contributed by atoms with Crippen molar-refractivity contribution in [1.29, 1.82) is 0 Å². The Bertz CT molecular complexity index is 866. The summed E-state index contributed by atoms with van der Waals surface area (Å²) in [5.41, 5.74) is 0.645. The average Bonchev–Trinajstić information content (AvgIpc) is 3.07. The number of phenolic OH excluding ortho intramolecular Hbond substituents is 2. The summed E-state index contributed by atoms with van der Waals surface area (Å²) in [5, 5.41) is 22.1. The van der Waals surface area contributed by atoms with Crippen molar-refractivity contribution in [1.82, 2.24) is 10.2 Å². The highest BCUT2D eigenvalue weighted by Gasteiger charge is 2.40. The number of phenols is 2. The van der Waals surface area contributed by atoms with Crippen molar-refractivity contribution in [3.63, 3.8) is 0 Å². The molecule has 1 aliphatic rings. The van der Waals surface area contributed by atoms with Crippen LogP contribution in [0.2, 0.25) is 0 Å². The van der Waals surface area contributed by atoms with Crippen molar-refractivity contribution in [2.75, 3.05) is 12.0 Å². The predicted octanol–water partition coefficient (Wildman–Crippen LogP) is 2.19. The summed E-state index contributed by atoms with van der Waals surface area (Å²) in [6.45, 7) is 2.02. The summed E-state index contributed by atoms with van der Waals surface area (Å²) in [4.78, 5) is 27.4. The van der Waals surface area contributed by atoms with E-state index in [1.54, 1.807) is 28.8 Å². The van der Waals surface area contributed by atoms with Crippen LogP contribution in [0.15, 0.2) is 34.7 Å². The van der Waals surface area contributed by atoms with Gasteiger partial charge in [-0.05, 0) is 55.2 Å². The van der Waals surface area contributed by atoms with Gasteiger partial charge < -0.3 is 24.8 Å². The first-order chi connectivity index (χ1) is 13.4. The van der Waals surface area contributed by atoms with Gasteiger partial charge in [0.05, 0.1) is 6.54 Å². The number of hydrogen-bond acceptors (Lipinski definition) is 6. The Morgan fingerprint density at radius 1 is 1.18 bits per heavy atom. The van der Waals surface area contributed by atoms with E-state index >= 15 is 0 Å². The predicted molar refractivity (Wildman–Crippen MR) is 106 cm³/mol. The van der Waals surface area contributed by atoms with Crippen molar-refractivity contribution in [2.45, 2.75) is 38.4 Å². The fraction of sp³-hybridized carbons (Fsp3) is 0.400. The van der Waals surface area contributed by atoms with Crippen molar-refractivity contribution in [3.8, 4) is 11.5 Å². The maximum Gasteiger partial charge on any atom is 0.246 e. The van der Waals surface area contributed by atoms with Gasteiger partial charge in [0, 0.05) is 6.42 Å². The molecule has 1 aliphatic heterocycles. The van der Waals surface area contributed by atoms with Crippen molar-refractivity contribution >= 4 is 23.6 Å². The number of aryl methyl sites for hydroxylation is 1. The lowest BCUT2D eigenvalue weighted by Gasteiger charge is -2.38. The standard InChI is InChI=1S/C20H24N2O5S/c1-12-3-5-14(27-12)11-22-16(9-13-4-6-17(23)18(24)10-13)19(25)21-15(20(22)26)7-8-28-2/h3-6,10,15-16,23-24H,7-9,11H2,1-2H3,(H,21,25). The molecule has 150 valence electrons. The summed E-state index contributed by atoms with van der Waals surface area (Å²) in [5.74, 6) is 1.25. The maximum absolute atomic E-state index is 13.1. The molecule has 0 bridgehead atoms. The van der Waals surface area contributed by atoms with Crippen LogP contribution in [0, 0.1) is 6.92 Å². The molecule has 0 saturated carbocycles. The number of hydrogen-bond donors (Lipinski definition) is 3. The van der Waals surface area contributed by atoms with Crippen LogP contribution in [0.3, 0.4) is 0 Å². The molecule has 8 heteroatoms. The second-order valence-electron chi connectivity index (χ2n) is 6.86. The third kappa shape index (κ3) is 4.44. The van der Waals surface area contributed by atoms with Gasteiger partial charge in [0.25, 0.3) is 0 Å². The molecule has 3 N–H and O–H groups in total. The zero-order valence-electron chi connectivity index (χ0n) is 15.8. The molecule has 2 amide bonds. The Balaban J connectivity index is 1.86. The van der Waals surface area contributed by atoms with Crippen LogP contribution in [0.4, 0.5) is 0 Å². The summed E-state index contributed by atoms with van der Waals surface area (Å²) in [6.07, 6.45) is 2.74. The van der Waals surface area contributed by atoms with Gasteiger partial charge in [-0.3, -0.25) is 9.59 Å². The van der Waals surface area contributed by atoms with E-state index in [1.165, 1.54) is 12.1 Å². The highest BCUT2D eigenvalue weighted by atomic mass is 32.2. The van der Waals surface area contributed by atoms with Crippen molar-refractivity contribution in [3.05, 3.63) is 47.4 Å². The third-order valence-corrected chi connectivity index (χ3v) is 5.42. The summed E-state index contributed by atoms with van der Waals surface area (Å²) >= 11 is 1.62. The van der Waals surface area contributed by atoms with E-state index < -0.39 is 12.1 Å². The van der Waals surface area contributed by atoms with Crippen LogP contribution >= 0.6 is 11.8 Å². The molecule has 1 aromatic heterocycles. The SMILES string of the molecule is CSCCC1NC(=O)C(Cc2ccc(O)c(O)c2)N(Cc2ccc(C)o2)C1=O. The zero-order valence-corrected chi connectivity index (χ0v) is 16.7. The van der Waals surface area contributed by atoms with E-state index in [0.717, 1.165) is 11.5 Å².